The molecule has 0 amide bonds. The van der Waals surface area contributed by atoms with Crippen LogP contribution in [0, 0.1) is 0 Å². The molecule has 0 atom stereocenters. The zero-order chi connectivity index (χ0) is 14.9. The van der Waals surface area contributed by atoms with E-state index >= 15 is 0 Å². The molecule has 0 bridgehead atoms. The van der Waals surface area contributed by atoms with Crippen LogP contribution < -0.4 is 10.1 Å². The summed E-state index contributed by atoms with van der Waals surface area (Å²) in [5, 5.41) is 3.28. The van der Waals surface area contributed by atoms with E-state index < -0.39 is 6.36 Å². The van der Waals surface area contributed by atoms with Crippen molar-refractivity contribution in [1.82, 2.24) is 0 Å². The fourth-order valence-electron chi connectivity index (χ4n) is 2.56. The molecule has 1 heterocycles. The third kappa shape index (κ3) is 3.65. The van der Waals surface area contributed by atoms with Gasteiger partial charge in [-0.3, -0.25) is 0 Å². The van der Waals surface area contributed by atoms with Gasteiger partial charge in [-0.25, -0.2) is 0 Å². The third-order valence-electron chi connectivity index (χ3n) is 3.47. The van der Waals surface area contributed by atoms with Gasteiger partial charge in [0.1, 0.15) is 5.75 Å². The van der Waals surface area contributed by atoms with Gasteiger partial charge >= 0.3 is 6.36 Å². The lowest BCUT2D eigenvalue weighted by molar-refractivity contribution is -0.274. The maximum Gasteiger partial charge on any atom is 0.573 e. The normalized spacial score (nSPS) is 13.6. The molecule has 0 saturated carbocycles. The first-order valence-corrected chi connectivity index (χ1v) is 6.75. The summed E-state index contributed by atoms with van der Waals surface area (Å²) in [5.41, 5.74) is 3.36. The molecule has 118 valence electrons. The van der Waals surface area contributed by atoms with E-state index in [1.54, 1.807) is 12.1 Å². The Morgan fingerprint density at radius 1 is 1.05 bits per heavy atom. The number of para-hydroxylation sites is 1. The zero-order valence-electron chi connectivity index (χ0n) is 11.6. The molecule has 0 spiro atoms. The van der Waals surface area contributed by atoms with Crippen molar-refractivity contribution in [2.45, 2.75) is 19.2 Å². The number of hydrogen-bond acceptors (Lipinski definition) is 2. The molecule has 1 N–H and O–H groups in total. The SMILES string of the molecule is Cl.FC(F)(F)Oc1ccccc1-c1ccc2c(c1)CCCN2. The maximum absolute atomic E-state index is 12.5. The number of ether oxygens (including phenoxy) is 1. The Kier molecular flexibility index (Phi) is 4.86. The van der Waals surface area contributed by atoms with Crippen molar-refractivity contribution in [2.75, 3.05) is 11.9 Å². The van der Waals surface area contributed by atoms with Gasteiger partial charge in [0.15, 0.2) is 0 Å². The number of hydrogen-bond donors (Lipinski definition) is 1. The van der Waals surface area contributed by atoms with E-state index in [0.717, 1.165) is 36.2 Å². The van der Waals surface area contributed by atoms with E-state index in [1.807, 2.05) is 18.2 Å². The summed E-state index contributed by atoms with van der Waals surface area (Å²) in [5.74, 6) is -0.172. The Hall–Kier alpha value is -1.88. The van der Waals surface area contributed by atoms with E-state index in [1.165, 1.54) is 12.1 Å². The molecule has 2 aromatic carbocycles. The highest BCUT2D eigenvalue weighted by molar-refractivity contribution is 5.85. The van der Waals surface area contributed by atoms with Gasteiger partial charge in [0.05, 0.1) is 0 Å². The maximum atomic E-state index is 12.5. The second kappa shape index (κ2) is 6.48. The van der Waals surface area contributed by atoms with Crippen molar-refractivity contribution >= 4 is 18.1 Å². The highest BCUT2D eigenvalue weighted by Crippen LogP contribution is 2.36. The van der Waals surface area contributed by atoms with E-state index in [4.69, 9.17) is 0 Å². The van der Waals surface area contributed by atoms with Gasteiger partial charge in [-0.1, -0.05) is 24.3 Å². The van der Waals surface area contributed by atoms with Gasteiger partial charge < -0.3 is 10.1 Å². The van der Waals surface area contributed by atoms with Gasteiger partial charge in [-0.2, -0.15) is 0 Å². The van der Waals surface area contributed by atoms with Crippen LogP contribution in [0.3, 0.4) is 0 Å². The average molecular weight is 330 g/mol. The summed E-state index contributed by atoms with van der Waals surface area (Å²) in [6.45, 7) is 0.931. The highest BCUT2D eigenvalue weighted by atomic mass is 35.5. The molecule has 1 aliphatic rings. The van der Waals surface area contributed by atoms with Crippen molar-refractivity contribution < 1.29 is 17.9 Å². The lowest BCUT2D eigenvalue weighted by Gasteiger charge is -2.19. The van der Waals surface area contributed by atoms with Crippen LogP contribution in [-0.2, 0) is 6.42 Å². The summed E-state index contributed by atoms with van der Waals surface area (Å²) in [4.78, 5) is 0. The van der Waals surface area contributed by atoms with E-state index in [2.05, 4.69) is 10.1 Å². The molecular weight excluding hydrogens is 315 g/mol. The second-order valence-corrected chi connectivity index (χ2v) is 4.95. The van der Waals surface area contributed by atoms with Crippen LogP contribution in [0.25, 0.3) is 11.1 Å². The van der Waals surface area contributed by atoms with Crippen LogP contribution in [0.4, 0.5) is 18.9 Å². The minimum Gasteiger partial charge on any atom is -0.405 e. The minimum atomic E-state index is -4.69. The summed E-state index contributed by atoms with van der Waals surface area (Å²) < 4.78 is 41.6. The van der Waals surface area contributed by atoms with Crippen LogP contribution in [0.2, 0.25) is 0 Å². The van der Waals surface area contributed by atoms with Gasteiger partial charge in [-0.15, -0.1) is 25.6 Å². The summed E-state index contributed by atoms with van der Waals surface area (Å²) >= 11 is 0. The first-order valence-electron chi connectivity index (χ1n) is 6.75. The average Bonchev–Trinajstić information content (AvgIpc) is 2.46. The van der Waals surface area contributed by atoms with Gasteiger partial charge in [0.25, 0.3) is 0 Å². The number of rotatable bonds is 2. The Morgan fingerprint density at radius 3 is 2.59 bits per heavy atom. The Labute approximate surface area is 132 Å². The van der Waals surface area contributed by atoms with Crippen molar-refractivity contribution in [2.24, 2.45) is 0 Å². The highest BCUT2D eigenvalue weighted by Gasteiger charge is 2.32. The lowest BCUT2D eigenvalue weighted by Crippen LogP contribution is -2.17. The molecule has 2 nitrogen and oxygen atoms in total. The molecule has 1 aliphatic heterocycles. The second-order valence-electron chi connectivity index (χ2n) is 4.95. The molecule has 0 unspecified atom stereocenters. The molecule has 3 rings (SSSR count). The van der Waals surface area contributed by atoms with Crippen molar-refractivity contribution in [1.29, 1.82) is 0 Å². The number of benzene rings is 2. The van der Waals surface area contributed by atoms with Crippen LogP contribution in [0.1, 0.15) is 12.0 Å². The van der Waals surface area contributed by atoms with Crippen LogP contribution in [0.5, 0.6) is 5.75 Å². The standard InChI is InChI=1S/C16H14F3NO.ClH/c17-16(18,19)21-15-6-2-1-5-13(15)11-7-8-14-12(10-11)4-3-9-20-14;/h1-2,5-8,10,20H,3-4,9H2;1H. The molecular formula is C16H15ClF3NO. The first kappa shape index (κ1) is 16.5. The van der Waals surface area contributed by atoms with Crippen LogP contribution >= 0.6 is 12.4 Å². The summed E-state index contributed by atoms with van der Waals surface area (Å²) in [7, 11) is 0. The van der Waals surface area contributed by atoms with Crippen LogP contribution in [0.15, 0.2) is 42.5 Å². The Bertz CT molecular complexity index is 658. The molecule has 6 heteroatoms. The zero-order valence-corrected chi connectivity index (χ0v) is 12.4. The smallest absolute Gasteiger partial charge is 0.405 e. The monoisotopic (exact) mass is 329 g/mol. The van der Waals surface area contributed by atoms with Gasteiger partial charge in [0.2, 0.25) is 0 Å². The number of alkyl halides is 3. The van der Waals surface area contributed by atoms with E-state index in [-0.39, 0.29) is 18.2 Å². The molecule has 22 heavy (non-hydrogen) atoms. The molecule has 0 saturated heterocycles. The van der Waals surface area contributed by atoms with E-state index in [9.17, 15) is 13.2 Å². The number of aryl methyl sites for hydroxylation is 1. The Morgan fingerprint density at radius 2 is 1.82 bits per heavy atom. The number of halogens is 4. The molecule has 0 aliphatic carbocycles. The molecule has 0 fully saturated rings. The molecule has 0 radical (unpaired) electrons. The topological polar surface area (TPSA) is 21.3 Å². The predicted molar refractivity (Wildman–Crippen MR) is 82.6 cm³/mol. The van der Waals surface area contributed by atoms with Gasteiger partial charge in [-0.05, 0) is 42.2 Å². The Balaban J connectivity index is 0.00000176. The van der Waals surface area contributed by atoms with Crippen molar-refractivity contribution in [3.8, 4) is 16.9 Å². The quantitative estimate of drug-likeness (QED) is 0.834. The largest absolute Gasteiger partial charge is 0.573 e. The predicted octanol–water partition coefficient (Wildman–Crippen LogP) is 5.03. The van der Waals surface area contributed by atoms with Gasteiger partial charge in [0, 0.05) is 17.8 Å². The number of fused-ring (bicyclic) bond motifs is 1. The minimum absolute atomic E-state index is 0. The number of anilines is 1. The van der Waals surface area contributed by atoms with E-state index in [0.29, 0.717) is 5.56 Å². The fraction of sp³-hybridized carbons (Fsp3) is 0.250. The van der Waals surface area contributed by atoms with Crippen molar-refractivity contribution in [3.05, 3.63) is 48.0 Å². The molecule has 2 aromatic rings. The van der Waals surface area contributed by atoms with Crippen molar-refractivity contribution in [3.63, 3.8) is 0 Å². The third-order valence-corrected chi connectivity index (χ3v) is 3.47. The summed E-state index contributed by atoms with van der Waals surface area (Å²) in [6.07, 6.45) is -2.73. The molecule has 0 aromatic heterocycles. The number of nitrogens with one attached hydrogen (secondary N) is 1. The fourth-order valence-corrected chi connectivity index (χ4v) is 2.56. The van der Waals surface area contributed by atoms with Crippen LogP contribution in [-0.4, -0.2) is 12.9 Å². The summed E-state index contributed by atoms with van der Waals surface area (Å²) in [6, 6.07) is 11.9. The first-order chi connectivity index (χ1) is 10.0. The lowest BCUT2D eigenvalue weighted by atomic mass is 9.97.